The second-order valence-electron chi connectivity index (χ2n) is 4.65. The quantitative estimate of drug-likeness (QED) is 0.574. The molecular weight excluding hydrogens is 163 g/mol. The van der Waals surface area contributed by atoms with Crippen molar-refractivity contribution in [1.29, 1.82) is 0 Å². The van der Waals surface area contributed by atoms with Crippen LogP contribution in [0.25, 0.3) is 0 Å². The van der Waals surface area contributed by atoms with E-state index in [-0.39, 0.29) is 0 Å². The van der Waals surface area contributed by atoms with Crippen LogP contribution in [0, 0.1) is 0 Å². The van der Waals surface area contributed by atoms with Crippen molar-refractivity contribution < 1.29 is 0 Å². The van der Waals surface area contributed by atoms with E-state index in [2.05, 4.69) is 34.0 Å². The van der Waals surface area contributed by atoms with E-state index in [1.165, 1.54) is 24.6 Å². The third-order valence-electron chi connectivity index (χ3n) is 4.23. The van der Waals surface area contributed by atoms with Crippen LogP contribution in [0.5, 0.6) is 0 Å². The van der Waals surface area contributed by atoms with Crippen molar-refractivity contribution in [2.24, 2.45) is 0 Å². The molecular formula is C11H23P. The summed E-state index contributed by atoms with van der Waals surface area (Å²) in [6, 6.07) is 0. The monoisotopic (exact) mass is 186 g/mol. The molecule has 0 radical (unpaired) electrons. The maximum absolute atomic E-state index is 4.22. The zero-order valence-corrected chi connectivity index (χ0v) is 9.98. The van der Waals surface area contributed by atoms with Crippen molar-refractivity contribution in [3.05, 3.63) is 11.9 Å². The number of hydrogen-bond donors (Lipinski definition) is 0. The molecule has 0 spiro atoms. The first-order chi connectivity index (χ1) is 5.53. The summed E-state index contributed by atoms with van der Waals surface area (Å²) < 4.78 is 0. The van der Waals surface area contributed by atoms with Gasteiger partial charge >= 0.3 is 77.2 Å². The Morgan fingerprint density at radius 1 is 1.50 bits per heavy atom. The molecule has 0 aromatic heterocycles. The molecule has 0 nitrogen and oxygen atoms in total. The molecule has 1 aliphatic heterocycles. The molecule has 0 bridgehead atoms. The Morgan fingerprint density at radius 2 is 2.08 bits per heavy atom. The maximum atomic E-state index is 4.22. The van der Waals surface area contributed by atoms with Gasteiger partial charge in [-0.15, -0.1) is 0 Å². The van der Waals surface area contributed by atoms with Crippen LogP contribution in [-0.2, 0) is 0 Å². The van der Waals surface area contributed by atoms with Crippen molar-refractivity contribution in [2.45, 2.75) is 51.4 Å². The first-order valence-corrected chi connectivity index (χ1v) is 7.84. The fourth-order valence-corrected chi connectivity index (χ4v) is 7.57. The molecule has 0 saturated carbocycles. The summed E-state index contributed by atoms with van der Waals surface area (Å²) in [5.74, 6) is 0. The van der Waals surface area contributed by atoms with Gasteiger partial charge in [-0.3, -0.25) is 0 Å². The normalized spacial score (nSPS) is 36.3. The van der Waals surface area contributed by atoms with Gasteiger partial charge in [-0.2, -0.15) is 0 Å². The molecule has 0 amide bonds. The molecule has 0 unspecified atom stereocenters. The molecule has 1 heteroatoms. The molecule has 0 N–H and O–H groups in total. The Morgan fingerprint density at radius 3 is 2.42 bits per heavy atom. The van der Waals surface area contributed by atoms with Crippen LogP contribution >= 0.6 is 7.26 Å². The van der Waals surface area contributed by atoms with Gasteiger partial charge in [-0.25, -0.2) is 0 Å². The van der Waals surface area contributed by atoms with Gasteiger partial charge in [0.1, 0.15) is 0 Å². The van der Waals surface area contributed by atoms with E-state index in [1.54, 1.807) is 0 Å². The minimum absolute atomic E-state index is 0.972. The number of allylic oxidation sites excluding steroid dienone is 1. The Hall–Kier alpha value is 0.170. The molecule has 1 heterocycles. The molecule has 12 heavy (non-hydrogen) atoms. The third kappa shape index (κ3) is 1.35. The molecule has 0 aromatic rings. The zero-order valence-electron chi connectivity index (χ0n) is 8.98. The van der Waals surface area contributed by atoms with Gasteiger partial charge in [0.25, 0.3) is 0 Å². The molecule has 2 atom stereocenters. The van der Waals surface area contributed by atoms with E-state index >= 15 is 0 Å². The second-order valence-corrected chi connectivity index (χ2v) is 9.87. The predicted octanol–water partition coefficient (Wildman–Crippen LogP) is 3.86. The average Bonchev–Trinajstić information content (AvgIpc) is 2.30. The Labute approximate surface area is 77.8 Å². The van der Waals surface area contributed by atoms with E-state index in [0.717, 1.165) is 11.3 Å². The Balaban J connectivity index is 2.88. The van der Waals surface area contributed by atoms with E-state index < -0.39 is 7.26 Å². The molecule has 0 aliphatic carbocycles. The summed E-state index contributed by atoms with van der Waals surface area (Å²) >= 11 is 0. The zero-order chi connectivity index (χ0) is 9.35. The van der Waals surface area contributed by atoms with Crippen LogP contribution in [0.3, 0.4) is 0 Å². The fraction of sp³-hybridized carbons (Fsp3) is 0.818. The average molecular weight is 186 g/mol. The second kappa shape index (κ2) is 3.50. The first kappa shape index (κ1) is 10.3. The summed E-state index contributed by atoms with van der Waals surface area (Å²) in [7, 11) is -1.09. The fourth-order valence-electron chi connectivity index (χ4n) is 2.85. The van der Waals surface area contributed by atoms with Crippen molar-refractivity contribution >= 4 is 7.26 Å². The van der Waals surface area contributed by atoms with E-state index in [1.807, 2.05) is 0 Å². The number of rotatable bonds is 2. The van der Waals surface area contributed by atoms with Gasteiger partial charge < -0.3 is 0 Å². The standard InChI is InChI=1S/C11H23P/c1-6-11-8-7-10(4)12(11,5)9(2)3/h10-12H,2,6-8H2,1,3-5H3/t10-,11-/m1/s1. The van der Waals surface area contributed by atoms with Crippen molar-refractivity contribution in [3.63, 3.8) is 0 Å². The number of hydrogen-bond acceptors (Lipinski definition) is 0. The topological polar surface area (TPSA) is 0 Å². The molecule has 1 aliphatic rings. The van der Waals surface area contributed by atoms with Crippen LogP contribution < -0.4 is 0 Å². The van der Waals surface area contributed by atoms with Gasteiger partial charge in [0.05, 0.1) is 0 Å². The van der Waals surface area contributed by atoms with Gasteiger partial charge in [-0.05, 0) is 0 Å². The van der Waals surface area contributed by atoms with Crippen LogP contribution in [-0.4, -0.2) is 18.0 Å². The minimum atomic E-state index is -1.09. The predicted molar refractivity (Wildman–Crippen MR) is 61.8 cm³/mol. The summed E-state index contributed by atoms with van der Waals surface area (Å²) in [5.41, 5.74) is 1.99. The van der Waals surface area contributed by atoms with E-state index in [0.29, 0.717) is 0 Å². The van der Waals surface area contributed by atoms with Crippen LogP contribution in [0.15, 0.2) is 11.9 Å². The third-order valence-corrected chi connectivity index (χ3v) is 10.8. The Bertz CT molecular complexity index is 185. The molecule has 1 saturated heterocycles. The summed E-state index contributed by atoms with van der Waals surface area (Å²) in [4.78, 5) is 0. The summed E-state index contributed by atoms with van der Waals surface area (Å²) in [6.45, 7) is 13.8. The van der Waals surface area contributed by atoms with Crippen LogP contribution in [0.2, 0.25) is 0 Å². The van der Waals surface area contributed by atoms with Gasteiger partial charge in [0.2, 0.25) is 0 Å². The first-order valence-electron chi connectivity index (χ1n) is 5.19. The molecule has 72 valence electrons. The van der Waals surface area contributed by atoms with Crippen LogP contribution in [0.4, 0.5) is 0 Å². The van der Waals surface area contributed by atoms with Gasteiger partial charge in [-0.1, -0.05) is 0 Å². The van der Waals surface area contributed by atoms with Crippen LogP contribution in [0.1, 0.15) is 40.0 Å². The van der Waals surface area contributed by atoms with E-state index in [9.17, 15) is 0 Å². The molecule has 0 aromatic carbocycles. The Kier molecular flexibility index (Phi) is 2.99. The van der Waals surface area contributed by atoms with Gasteiger partial charge in [0, 0.05) is 0 Å². The van der Waals surface area contributed by atoms with Crippen molar-refractivity contribution in [2.75, 3.05) is 6.66 Å². The molecule has 1 fully saturated rings. The summed E-state index contributed by atoms with van der Waals surface area (Å²) in [5, 5.41) is 1.53. The van der Waals surface area contributed by atoms with Crippen molar-refractivity contribution in [1.82, 2.24) is 0 Å². The summed E-state index contributed by atoms with van der Waals surface area (Å²) in [6.07, 6.45) is 4.29. The van der Waals surface area contributed by atoms with E-state index in [4.69, 9.17) is 0 Å². The van der Waals surface area contributed by atoms with Crippen molar-refractivity contribution in [3.8, 4) is 0 Å². The molecule has 1 rings (SSSR count). The van der Waals surface area contributed by atoms with Gasteiger partial charge in [0.15, 0.2) is 0 Å². The SMILES string of the molecule is C=C(C)[PH]1(C)[C@H](CC)CC[C@H]1C.